The summed E-state index contributed by atoms with van der Waals surface area (Å²) in [5, 5.41) is 10.2. The molecule has 2 unspecified atom stereocenters. The number of halogens is 1. The zero-order chi connectivity index (χ0) is 17.6. The number of fused-ring (bicyclic) bond motifs is 1. The Kier molecular flexibility index (Phi) is 4.40. The Balaban J connectivity index is 1.90. The molecule has 2 aromatic rings. The normalized spacial score (nSPS) is 27.9. The van der Waals surface area contributed by atoms with Crippen molar-refractivity contribution in [2.24, 2.45) is 0 Å². The molecule has 132 valence electrons. The SMILES string of the molecule is C=P(C)(C)CCC1OC(n2cnc3c(=O)[nH]c(C)nc32)[C@H](F)[C@@H]1O. The van der Waals surface area contributed by atoms with Gasteiger partial charge in [-0.3, -0.25) is 9.36 Å². The van der Waals surface area contributed by atoms with Crippen molar-refractivity contribution in [2.75, 3.05) is 19.5 Å². The quantitative estimate of drug-likeness (QED) is 0.801. The second-order valence-electron chi connectivity index (χ2n) is 6.92. The summed E-state index contributed by atoms with van der Waals surface area (Å²) in [6.45, 7) is 4.52. The van der Waals surface area contributed by atoms with Crippen LogP contribution in [-0.2, 0) is 4.74 Å². The summed E-state index contributed by atoms with van der Waals surface area (Å²) in [4.78, 5) is 22.7. The number of hydrogen-bond donors (Lipinski definition) is 2. The van der Waals surface area contributed by atoms with E-state index in [4.69, 9.17) is 4.74 Å². The third-order valence-corrected chi connectivity index (χ3v) is 5.61. The molecule has 7 nitrogen and oxygen atoms in total. The van der Waals surface area contributed by atoms with E-state index in [-0.39, 0.29) is 16.7 Å². The molecule has 3 heterocycles. The first-order valence-corrected chi connectivity index (χ1v) is 10.8. The standard InChI is InChI=1S/C15H22FN4O3P/c1-8-18-13-11(14(22)19-8)17-7-20(13)15-10(16)12(21)9(23-15)5-6-24(2,3)4/h7,9-10,12,15,21H,2,5-6H2,1,3-4H3,(H,18,19,22)/t9?,10-,12-,15?/m1/s1. The Morgan fingerprint density at radius 2 is 2.25 bits per heavy atom. The molecule has 2 N–H and O–H groups in total. The molecule has 2 aromatic heterocycles. The molecule has 0 saturated carbocycles. The van der Waals surface area contributed by atoms with Crippen LogP contribution >= 0.6 is 6.89 Å². The predicted molar refractivity (Wildman–Crippen MR) is 93.1 cm³/mol. The van der Waals surface area contributed by atoms with Crippen LogP contribution in [0.5, 0.6) is 0 Å². The summed E-state index contributed by atoms with van der Waals surface area (Å²) < 4.78 is 21.7. The third-order valence-electron chi connectivity index (χ3n) is 4.14. The first-order chi connectivity index (χ1) is 11.2. The van der Waals surface area contributed by atoms with Gasteiger partial charge in [-0.15, -0.1) is 13.2 Å². The van der Waals surface area contributed by atoms with Crippen LogP contribution in [0.25, 0.3) is 11.2 Å². The molecule has 0 aromatic carbocycles. The molecule has 0 spiro atoms. The highest BCUT2D eigenvalue weighted by atomic mass is 31.2. The van der Waals surface area contributed by atoms with Gasteiger partial charge in [-0.1, -0.05) is 0 Å². The smallest absolute Gasteiger partial charge is 0.279 e. The number of aliphatic hydroxyl groups is 1. The van der Waals surface area contributed by atoms with Gasteiger partial charge in [-0.25, -0.2) is 14.4 Å². The van der Waals surface area contributed by atoms with Gasteiger partial charge < -0.3 is 14.8 Å². The lowest BCUT2D eigenvalue weighted by atomic mass is 10.1. The van der Waals surface area contributed by atoms with Crippen LogP contribution in [0.2, 0.25) is 0 Å². The third kappa shape index (κ3) is 3.18. The predicted octanol–water partition coefficient (Wildman–Crippen LogP) is 1.12. The molecule has 9 heteroatoms. The lowest BCUT2D eigenvalue weighted by molar-refractivity contribution is -0.0234. The monoisotopic (exact) mass is 356 g/mol. The summed E-state index contributed by atoms with van der Waals surface area (Å²) in [5.41, 5.74) is -0.00810. The number of alkyl halides is 1. The van der Waals surface area contributed by atoms with Crippen molar-refractivity contribution in [3.8, 4) is 0 Å². The Bertz CT molecular complexity index is 858. The van der Waals surface area contributed by atoms with E-state index >= 15 is 0 Å². The van der Waals surface area contributed by atoms with Gasteiger partial charge in [0.25, 0.3) is 5.56 Å². The number of aliphatic hydroxyl groups excluding tert-OH is 1. The molecule has 1 aliphatic rings. The highest BCUT2D eigenvalue weighted by molar-refractivity contribution is 7.72. The van der Waals surface area contributed by atoms with Crippen molar-refractivity contribution in [3.63, 3.8) is 0 Å². The number of aromatic nitrogens is 4. The molecule has 1 saturated heterocycles. The van der Waals surface area contributed by atoms with Gasteiger partial charge in [-0.2, -0.15) is 0 Å². The Hall–Kier alpha value is -1.50. The molecular formula is C15H22FN4O3P. The van der Waals surface area contributed by atoms with Gasteiger partial charge in [0.2, 0.25) is 0 Å². The second-order valence-corrected chi connectivity index (χ2v) is 11.2. The van der Waals surface area contributed by atoms with Crippen LogP contribution in [0.4, 0.5) is 4.39 Å². The number of nitrogens with zero attached hydrogens (tertiary/aromatic N) is 3. The van der Waals surface area contributed by atoms with Gasteiger partial charge in [0, 0.05) is 0 Å². The molecule has 1 aliphatic heterocycles. The molecule has 0 amide bonds. The van der Waals surface area contributed by atoms with Crippen LogP contribution < -0.4 is 5.56 Å². The minimum atomic E-state index is -1.61. The van der Waals surface area contributed by atoms with Crippen LogP contribution in [-0.4, -0.2) is 68.8 Å². The summed E-state index contributed by atoms with van der Waals surface area (Å²) in [6.07, 6.45) is 2.31. The average molecular weight is 356 g/mol. The largest absolute Gasteiger partial charge is 0.387 e. The Labute approximate surface area is 138 Å². The van der Waals surface area contributed by atoms with Gasteiger partial charge >= 0.3 is 0 Å². The number of aryl methyl sites for hydroxylation is 1. The molecule has 24 heavy (non-hydrogen) atoms. The topological polar surface area (TPSA) is 93.0 Å². The molecule has 4 atom stereocenters. The number of aromatic amines is 1. The maximum absolute atomic E-state index is 14.6. The van der Waals surface area contributed by atoms with E-state index in [9.17, 15) is 14.3 Å². The van der Waals surface area contributed by atoms with Gasteiger partial charge in [-0.05, 0) is 32.8 Å². The van der Waals surface area contributed by atoms with Gasteiger partial charge in [0.15, 0.2) is 23.6 Å². The molecular weight excluding hydrogens is 334 g/mol. The van der Waals surface area contributed by atoms with Crippen molar-refractivity contribution in [1.82, 2.24) is 19.5 Å². The molecule has 0 radical (unpaired) electrons. The summed E-state index contributed by atoms with van der Waals surface area (Å²) in [7, 11) is 0. The second kappa shape index (κ2) is 6.10. The maximum atomic E-state index is 14.6. The molecule has 3 rings (SSSR count). The van der Waals surface area contributed by atoms with Crippen LogP contribution in [0, 0.1) is 6.92 Å². The van der Waals surface area contributed by atoms with Crippen LogP contribution in [0.1, 0.15) is 18.5 Å². The van der Waals surface area contributed by atoms with Crippen molar-refractivity contribution < 1.29 is 14.2 Å². The van der Waals surface area contributed by atoms with E-state index in [1.807, 2.05) is 0 Å². The molecule has 0 aliphatic carbocycles. The number of H-pyrrole nitrogens is 1. The number of imidazole rings is 1. The average Bonchev–Trinajstić information content (AvgIpc) is 3.00. The fraction of sp³-hybridized carbons (Fsp3) is 0.600. The lowest BCUT2D eigenvalue weighted by Crippen LogP contribution is -2.29. The molecule has 1 fully saturated rings. The van der Waals surface area contributed by atoms with E-state index < -0.39 is 31.5 Å². The fourth-order valence-corrected chi connectivity index (χ4v) is 3.82. The van der Waals surface area contributed by atoms with Gasteiger partial charge in [0.1, 0.15) is 11.9 Å². The van der Waals surface area contributed by atoms with Crippen LogP contribution in [0.3, 0.4) is 0 Å². The summed E-state index contributed by atoms with van der Waals surface area (Å²) in [6, 6.07) is 0. The lowest BCUT2D eigenvalue weighted by Gasteiger charge is -2.18. The highest BCUT2D eigenvalue weighted by Crippen LogP contribution is 2.40. The van der Waals surface area contributed by atoms with Crippen molar-refractivity contribution in [3.05, 3.63) is 22.5 Å². The van der Waals surface area contributed by atoms with E-state index in [0.717, 1.165) is 6.16 Å². The van der Waals surface area contributed by atoms with E-state index in [1.54, 1.807) is 6.92 Å². The summed E-state index contributed by atoms with van der Waals surface area (Å²) in [5.74, 6) is 0.406. The van der Waals surface area contributed by atoms with E-state index in [0.29, 0.717) is 12.2 Å². The number of hydrogen-bond acceptors (Lipinski definition) is 5. The van der Waals surface area contributed by atoms with Crippen molar-refractivity contribution in [1.29, 1.82) is 0 Å². The minimum absolute atomic E-state index is 0.124. The number of ether oxygens (including phenoxy) is 1. The van der Waals surface area contributed by atoms with E-state index in [1.165, 1.54) is 10.9 Å². The van der Waals surface area contributed by atoms with Crippen molar-refractivity contribution >= 4 is 24.3 Å². The van der Waals surface area contributed by atoms with E-state index in [2.05, 4.69) is 34.6 Å². The zero-order valence-corrected chi connectivity index (χ0v) is 14.8. The fourth-order valence-electron chi connectivity index (χ4n) is 2.86. The Morgan fingerprint density at radius 1 is 1.54 bits per heavy atom. The van der Waals surface area contributed by atoms with Gasteiger partial charge in [0.05, 0.1) is 12.4 Å². The number of rotatable bonds is 4. The maximum Gasteiger partial charge on any atom is 0.279 e. The zero-order valence-electron chi connectivity index (χ0n) is 13.9. The Morgan fingerprint density at radius 3 is 2.92 bits per heavy atom. The first kappa shape index (κ1) is 17.3. The van der Waals surface area contributed by atoms with Crippen molar-refractivity contribution in [2.45, 2.75) is 38.0 Å². The van der Waals surface area contributed by atoms with Crippen LogP contribution in [0.15, 0.2) is 11.1 Å². The minimum Gasteiger partial charge on any atom is -0.387 e. The number of nitrogens with one attached hydrogen (secondary N) is 1. The molecule has 0 bridgehead atoms. The first-order valence-electron chi connectivity index (χ1n) is 7.76. The summed E-state index contributed by atoms with van der Waals surface area (Å²) >= 11 is 0. The highest BCUT2D eigenvalue weighted by Gasteiger charge is 2.45.